The molecule has 2 aliphatic rings. The van der Waals surface area contributed by atoms with Crippen molar-refractivity contribution in [3.8, 4) is 0 Å². The molecule has 0 bridgehead atoms. The summed E-state index contributed by atoms with van der Waals surface area (Å²) in [6, 6.07) is 4.98. The minimum atomic E-state index is -0.521. The summed E-state index contributed by atoms with van der Waals surface area (Å²) in [5.41, 5.74) is 12.7. The van der Waals surface area contributed by atoms with Crippen molar-refractivity contribution in [2.45, 2.75) is 44.7 Å². The standard InChI is InChI=1S/C15H20FN5/c1-10-11(16)6-5-7-12(10)21-14(18)19-13(17)20-15(21)8-3-2-4-9-15/h5-7H,2-4,8-9H2,1H3,(H4,17,18,19,20). The van der Waals surface area contributed by atoms with Gasteiger partial charge >= 0.3 is 0 Å². The SMILES string of the molecule is Cc1c(F)cccc1N1C(N)=NC(N)=NC12CCCCC2. The molecule has 21 heavy (non-hydrogen) atoms. The molecule has 1 saturated carbocycles. The van der Waals surface area contributed by atoms with E-state index in [0.717, 1.165) is 31.4 Å². The van der Waals surface area contributed by atoms with Crippen molar-refractivity contribution < 1.29 is 4.39 Å². The first-order chi connectivity index (χ1) is 10.0. The number of hydrogen-bond donors (Lipinski definition) is 2. The van der Waals surface area contributed by atoms with E-state index in [4.69, 9.17) is 11.5 Å². The van der Waals surface area contributed by atoms with Crippen molar-refractivity contribution in [3.05, 3.63) is 29.6 Å². The van der Waals surface area contributed by atoms with Crippen molar-refractivity contribution >= 4 is 17.6 Å². The van der Waals surface area contributed by atoms with Crippen LogP contribution in [0.4, 0.5) is 10.1 Å². The van der Waals surface area contributed by atoms with Gasteiger partial charge in [-0.2, -0.15) is 4.99 Å². The molecule has 0 unspecified atom stereocenters. The molecule has 3 rings (SSSR count). The molecule has 1 heterocycles. The molecule has 1 aromatic rings. The quantitative estimate of drug-likeness (QED) is 0.832. The number of benzene rings is 1. The van der Waals surface area contributed by atoms with Gasteiger partial charge in [-0.15, -0.1) is 0 Å². The second-order valence-electron chi connectivity index (χ2n) is 5.70. The summed E-state index contributed by atoms with van der Waals surface area (Å²) in [5.74, 6) is 0.242. The second-order valence-corrected chi connectivity index (χ2v) is 5.70. The lowest BCUT2D eigenvalue weighted by Crippen LogP contribution is -2.58. The molecule has 1 aliphatic carbocycles. The lowest BCUT2D eigenvalue weighted by molar-refractivity contribution is 0.305. The number of nitrogens with two attached hydrogens (primary N) is 2. The fourth-order valence-corrected chi connectivity index (χ4v) is 3.31. The maximum absolute atomic E-state index is 13.9. The fraction of sp³-hybridized carbons (Fsp3) is 0.467. The number of guanidine groups is 2. The monoisotopic (exact) mass is 289 g/mol. The molecule has 1 spiro atoms. The van der Waals surface area contributed by atoms with E-state index in [0.29, 0.717) is 5.56 Å². The van der Waals surface area contributed by atoms with E-state index < -0.39 is 5.66 Å². The van der Waals surface area contributed by atoms with Crippen molar-refractivity contribution in [1.82, 2.24) is 0 Å². The normalized spacial score (nSPS) is 21.1. The van der Waals surface area contributed by atoms with Crippen LogP contribution in [0.25, 0.3) is 0 Å². The summed E-state index contributed by atoms with van der Waals surface area (Å²) in [7, 11) is 0. The van der Waals surface area contributed by atoms with Crippen LogP contribution in [0.2, 0.25) is 0 Å². The molecule has 1 aromatic carbocycles. The fourth-order valence-electron chi connectivity index (χ4n) is 3.31. The Morgan fingerprint density at radius 3 is 2.62 bits per heavy atom. The topological polar surface area (TPSA) is 80.0 Å². The first-order valence-corrected chi connectivity index (χ1v) is 7.28. The van der Waals surface area contributed by atoms with Gasteiger partial charge < -0.3 is 11.5 Å². The summed E-state index contributed by atoms with van der Waals surface area (Å²) in [5, 5.41) is 0. The van der Waals surface area contributed by atoms with Crippen molar-refractivity contribution in [2.75, 3.05) is 4.90 Å². The van der Waals surface area contributed by atoms with Crippen molar-refractivity contribution in [1.29, 1.82) is 0 Å². The molecule has 6 heteroatoms. The highest BCUT2D eigenvalue weighted by Gasteiger charge is 2.43. The Morgan fingerprint density at radius 1 is 1.19 bits per heavy atom. The zero-order valence-electron chi connectivity index (χ0n) is 12.1. The Labute approximate surface area is 123 Å². The summed E-state index contributed by atoms with van der Waals surface area (Å²) in [4.78, 5) is 10.5. The minimum Gasteiger partial charge on any atom is -0.369 e. The molecular formula is C15H20FN5. The predicted octanol–water partition coefficient (Wildman–Crippen LogP) is 2.24. The zero-order chi connectivity index (χ0) is 15.0. The first kappa shape index (κ1) is 13.9. The average Bonchev–Trinajstić information content (AvgIpc) is 2.43. The van der Waals surface area contributed by atoms with E-state index in [2.05, 4.69) is 9.98 Å². The van der Waals surface area contributed by atoms with Gasteiger partial charge in [0.15, 0.2) is 0 Å². The van der Waals surface area contributed by atoms with E-state index in [9.17, 15) is 4.39 Å². The molecule has 0 aromatic heterocycles. The van der Waals surface area contributed by atoms with Crippen LogP contribution in [0, 0.1) is 12.7 Å². The van der Waals surface area contributed by atoms with Gasteiger partial charge in [0.05, 0.1) is 5.69 Å². The molecule has 1 aliphatic heterocycles. The average molecular weight is 289 g/mol. The molecule has 112 valence electrons. The van der Waals surface area contributed by atoms with E-state index >= 15 is 0 Å². The van der Waals surface area contributed by atoms with Gasteiger partial charge in [0.25, 0.3) is 0 Å². The van der Waals surface area contributed by atoms with E-state index in [1.165, 1.54) is 12.5 Å². The number of halogens is 1. The van der Waals surface area contributed by atoms with Gasteiger partial charge in [0.1, 0.15) is 11.5 Å². The molecule has 1 fully saturated rings. The Hall–Kier alpha value is -2.11. The van der Waals surface area contributed by atoms with Gasteiger partial charge in [-0.3, -0.25) is 4.90 Å². The molecular weight excluding hydrogens is 269 g/mol. The van der Waals surface area contributed by atoms with Crippen LogP contribution in [-0.4, -0.2) is 17.6 Å². The molecule has 4 N–H and O–H groups in total. The second kappa shape index (κ2) is 5.02. The van der Waals surface area contributed by atoms with Crippen LogP contribution >= 0.6 is 0 Å². The maximum atomic E-state index is 13.9. The summed E-state index contributed by atoms with van der Waals surface area (Å²) in [6.45, 7) is 1.75. The maximum Gasteiger partial charge on any atom is 0.220 e. The van der Waals surface area contributed by atoms with Crippen molar-refractivity contribution in [2.24, 2.45) is 21.5 Å². The number of anilines is 1. The highest BCUT2D eigenvalue weighted by atomic mass is 19.1. The predicted molar refractivity (Wildman–Crippen MR) is 82.7 cm³/mol. The third-order valence-corrected chi connectivity index (χ3v) is 4.33. The van der Waals surface area contributed by atoms with Crippen LogP contribution in [0.1, 0.15) is 37.7 Å². The van der Waals surface area contributed by atoms with Gasteiger partial charge in [-0.25, -0.2) is 9.38 Å². The van der Waals surface area contributed by atoms with Gasteiger partial charge in [0.2, 0.25) is 11.9 Å². The van der Waals surface area contributed by atoms with E-state index in [-0.39, 0.29) is 17.7 Å². The molecule has 0 saturated heterocycles. The van der Waals surface area contributed by atoms with Crippen LogP contribution in [-0.2, 0) is 0 Å². The van der Waals surface area contributed by atoms with Crippen LogP contribution < -0.4 is 16.4 Å². The number of hydrogen-bond acceptors (Lipinski definition) is 5. The molecule has 5 nitrogen and oxygen atoms in total. The minimum absolute atomic E-state index is 0.208. The van der Waals surface area contributed by atoms with Crippen LogP contribution in [0.15, 0.2) is 28.2 Å². The summed E-state index contributed by atoms with van der Waals surface area (Å²) < 4.78 is 13.9. The molecule has 0 amide bonds. The van der Waals surface area contributed by atoms with Crippen LogP contribution in [0.3, 0.4) is 0 Å². The van der Waals surface area contributed by atoms with E-state index in [1.54, 1.807) is 13.0 Å². The van der Waals surface area contributed by atoms with E-state index in [1.807, 2.05) is 11.0 Å². The number of aliphatic imine (C=N–C) groups is 2. The molecule has 0 atom stereocenters. The number of nitrogens with zero attached hydrogens (tertiary/aromatic N) is 3. The Kier molecular flexibility index (Phi) is 3.31. The van der Waals surface area contributed by atoms with Gasteiger partial charge in [-0.1, -0.05) is 12.5 Å². The molecule has 0 radical (unpaired) electrons. The Morgan fingerprint density at radius 2 is 1.90 bits per heavy atom. The third kappa shape index (κ3) is 2.24. The van der Waals surface area contributed by atoms with Gasteiger partial charge in [0, 0.05) is 5.56 Å². The lowest BCUT2D eigenvalue weighted by Gasteiger charge is -2.46. The highest BCUT2D eigenvalue weighted by Crippen LogP contribution is 2.40. The first-order valence-electron chi connectivity index (χ1n) is 7.28. The third-order valence-electron chi connectivity index (χ3n) is 4.33. The Balaban J connectivity index is 2.13. The smallest absolute Gasteiger partial charge is 0.220 e. The lowest BCUT2D eigenvalue weighted by atomic mass is 9.87. The summed E-state index contributed by atoms with van der Waals surface area (Å²) >= 11 is 0. The zero-order valence-corrected chi connectivity index (χ0v) is 12.1. The van der Waals surface area contributed by atoms with Crippen LogP contribution in [0.5, 0.6) is 0 Å². The Bertz CT molecular complexity index is 616. The van der Waals surface area contributed by atoms with Crippen molar-refractivity contribution in [3.63, 3.8) is 0 Å². The summed E-state index contributed by atoms with van der Waals surface area (Å²) in [6.07, 6.45) is 4.97. The van der Waals surface area contributed by atoms with Gasteiger partial charge in [-0.05, 0) is 44.7 Å². The largest absolute Gasteiger partial charge is 0.369 e. The number of rotatable bonds is 1. The highest BCUT2D eigenvalue weighted by molar-refractivity contribution is 6.06.